The molecule has 5 rings (SSSR count). The standard InChI is InChI=1S/C18H15P.C15H9O.Au/c1-4-10-16(11-5-1)19(17-12-6-2-7-13-17)18-14-8-3-9-15-18;1-2-12-8-6-7-11-14(12)15(16)13-9-4-3-5-10-13;/h1-15H;3-11H;. The second-order valence-corrected chi connectivity index (χ2v) is 10.5. The molecule has 5 aromatic carbocycles. The number of carbonyl (C=O) groups excluding carboxylic acids is 1. The average Bonchev–Trinajstić information content (AvgIpc) is 2.96. The summed E-state index contributed by atoms with van der Waals surface area (Å²) in [5.74, 6) is 2.94. The Morgan fingerprint density at radius 1 is 0.528 bits per heavy atom. The summed E-state index contributed by atoms with van der Waals surface area (Å²) in [6, 6.07) is 49.0. The molecule has 0 amide bonds. The molecule has 0 aromatic heterocycles. The predicted octanol–water partition coefficient (Wildman–Crippen LogP) is 6.22. The quantitative estimate of drug-likeness (QED) is 0.0945. The third-order valence-electron chi connectivity index (χ3n) is 5.42. The van der Waals surface area contributed by atoms with Gasteiger partial charge in [-0.2, -0.15) is 0 Å². The van der Waals surface area contributed by atoms with Crippen LogP contribution in [0, 0.1) is 10.1 Å². The van der Waals surface area contributed by atoms with Crippen LogP contribution in [0.15, 0.2) is 146 Å². The second-order valence-electron chi connectivity index (χ2n) is 7.78. The van der Waals surface area contributed by atoms with Crippen LogP contribution >= 0.6 is 7.92 Å². The van der Waals surface area contributed by atoms with Crippen molar-refractivity contribution in [2.24, 2.45) is 0 Å². The topological polar surface area (TPSA) is 17.1 Å². The van der Waals surface area contributed by atoms with E-state index in [-0.39, 0.29) is 5.78 Å². The van der Waals surface area contributed by atoms with E-state index in [1.54, 1.807) is 0 Å². The maximum atomic E-state index is 12.3. The number of benzene rings is 5. The van der Waals surface area contributed by atoms with E-state index in [1.165, 1.54) is 15.9 Å². The van der Waals surface area contributed by atoms with E-state index in [9.17, 15) is 4.79 Å². The van der Waals surface area contributed by atoms with Crippen LogP contribution in [0.25, 0.3) is 0 Å². The monoisotopic (exact) mass is 664 g/mol. The Morgan fingerprint density at radius 2 is 0.917 bits per heavy atom. The molecule has 1 nitrogen and oxygen atoms in total. The van der Waals surface area contributed by atoms with Crippen molar-refractivity contribution in [1.29, 1.82) is 0 Å². The van der Waals surface area contributed by atoms with Gasteiger partial charge in [0.05, 0.1) is 0 Å². The number of carbonyl (C=O) groups is 1. The first-order chi connectivity index (χ1) is 17.8. The fourth-order valence-electron chi connectivity index (χ4n) is 3.75. The van der Waals surface area contributed by atoms with Gasteiger partial charge >= 0.3 is 113 Å². The van der Waals surface area contributed by atoms with Crippen LogP contribution in [0.1, 0.15) is 21.5 Å². The van der Waals surface area contributed by atoms with Crippen LogP contribution in [-0.2, 0) is 21.1 Å². The van der Waals surface area contributed by atoms with Crippen LogP contribution in [-0.4, -0.2) is 5.78 Å². The van der Waals surface area contributed by atoms with Crippen molar-refractivity contribution in [1.82, 2.24) is 0 Å². The van der Waals surface area contributed by atoms with Gasteiger partial charge in [-0.15, -0.1) is 0 Å². The molecule has 178 valence electrons. The Hall–Kier alpha value is -3.50. The van der Waals surface area contributed by atoms with Gasteiger partial charge in [-0.1, -0.05) is 91.0 Å². The average molecular weight is 664 g/mol. The largest absolute Gasteiger partial charge is 0.0622 e. The molecule has 0 spiro atoms. The number of ketones is 1. The van der Waals surface area contributed by atoms with E-state index in [1.807, 2.05) is 54.6 Å². The smallest absolute Gasteiger partial charge is 0.0134 e. The molecule has 0 saturated heterocycles. The van der Waals surface area contributed by atoms with Crippen LogP contribution in [0.3, 0.4) is 0 Å². The molecule has 0 radical (unpaired) electrons. The number of rotatable bonds is 5. The molecule has 0 heterocycles. The molecule has 0 aliphatic carbocycles. The van der Waals surface area contributed by atoms with Crippen molar-refractivity contribution in [3.63, 3.8) is 0 Å². The van der Waals surface area contributed by atoms with Crippen molar-refractivity contribution in [3.05, 3.63) is 162 Å². The van der Waals surface area contributed by atoms with E-state index >= 15 is 0 Å². The van der Waals surface area contributed by atoms with Crippen LogP contribution in [0.2, 0.25) is 0 Å². The van der Waals surface area contributed by atoms with Crippen molar-refractivity contribution in [3.8, 4) is 10.1 Å². The fraction of sp³-hybridized carbons (Fsp3) is 0. The Morgan fingerprint density at radius 3 is 1.36 bits per heavy atom. The molecule has 0 aliphatic rings. The first kappa shape index (κ1) is 25.6. The second kappa shape index (κ2) is 13.6. The molecule has 0 fully saturated rings. The maximum absolute atomic E-state index is 12.3. The molecule has 0 unspecified atom stereocenters. The Balaban J connectivity index is 0.000000170. The van der Waals surface area contributed by atoms with Crippen LogP contribution in [0.5, 0.6) is 0 Å². The maximum Gasteiger partial charge on any atom is -0.0134 e. The Labute approximate surface area is 226 Å². The summed E-state index contributed by atoms with van der Waals surface area (Å²) in [4.78, 5) is 12.3. The summed E-state index contributed by atoms with van der Waals surface area (Å²) in [7, 11) is -0.446. The molecule has 0 N–H and O–H groups in total. The third kappa shape index (κ3) is 6.80. The molecular weight excluding hydrogens is 640 g/mol. The van der Waals surface area contributed by atoms with Gasteiger partial charge in [-0.3, -0.25) is 0 Å². The number of hydrogen-bond donors (Lipinski definition) is 0. The predicted molar refractivity (Wildman–Crippen MR) is 148 cm³/mol. The van der Waals surface area contributed by atoms with Crippen LogP contribution < -0.4 is 15.9 Å². The summed E-state index contributed by atoms with van der Waals surface area (Å²) >= 11 is 2.15. The van der Waals surface area contributed by atoms with Crippen LogP contribution in [0.4, 0.5) is 0 Å². The Bertz CT molecular complexity index is 1350. The van der Waals surface area contributed by atoms with Gasteiger partial charge in [0.1, 0.15) is 0 Å². The van der Waals surface area contributed by atoms with E-state index in [2.05, 4.69) is 122 Å². The van der Waals surface area contributed by atoms with Crippen molar-refractivity contribution >= 4 is 29.6 Å². The molecule has 36 heavy (non-hydrogen) atoms. The minimum Gasteiger partial charge on any atom is -0.0622 e. The molecule has 0 saturated carbocycles. The summed E-state index contributed by atoms with van der Waals surface area (Å²) in [6.45, 7) is 0. The molecule has 0 bridgehead atoms. The zero-order valence-corrected chi connectivity index (χ0v) is 22.6. The molecule has 0 aliphatic heterocycles. The zero-order valence-electron chi connectivity index (χ0n) is 19.5. The van der Waals surface area contributed by atoms with E-state index < -0.39 is 7.92 Å². The zero-order chi connectivity index (χ0) is 25.0. The van der Waals surface area contributed by atoms with Gasteiger partial charge < -0.3 is 0 Å². The molecule has 5 aromatic rings. The molecule has 3 heteroatoms. The van der Waals surface area contributed by atoms with Gasteiger partial charge in [0.25, 0.3) is 0 Å². The van der Waals surface area contributed by atoms with Gasteiger partial charge in [-0.05, 0) is 23.8 Å². The van der Waals surface area contributed by atoms with Crippen molar-refractivity contribution in [2.75, 3.05) is 0 Å². The SMILES string of the molecule is O=C(c1ccccc1)c1ccccc1C#[C][Au].c1ccc(P(c2ccccc2)c2ccccc2)cc1. The minimum atomic E-state index is -0.446. The summed E-state index contributed by atoms with van der Waals surface area (Å²) < 4.78 is 2.77. The van der Waals surface area contributed by atoms with Crippen molar-refractivity contribution in [2.45, 2.75) is 0 Å². The van der Waals surface area contributed by atoms with Gasteiger partial charge in [0, 0.05) is 0 Å². The summed E-state index contributed by atoms with van der Waals surface area (Å²) in [5, 5.41) is 4.19. The summed E-state index contributed by atoms with van der Waals surface area (Å²) in [6.07, 6.45) is 0. The third-order valence-corrected chi connectivity index (χ3v) is 8.14. The number of hydrogen-bond acceptors (Lipinski definition) is 1. The minimum absolute atomic E-state index is 0.0114. The Kier molecular flexibility index (Phi) is 9.63. The fourth-order valence-corrected chi connectivity index (χ4v) is 6.35. The first-order valence-electron chi connectivity index (χ1n) is 11.5. The first-order valence-corrected chi connectivity index (χ1v) is 13.9. The van der Waals surface area contributed by atoms with Crippen molar-refractivity contribution < 1.29 is 25.9 Å². The van der Waals surface area contributed by atoms with E-state index in [0.717, 1.165) is 5.56 Å². The van der Waals surface area contributed by atoms with E-state index in [4.69, 9.17) is 0 Å². The molecule has 0 atom stereocenters. The van der Waals surface area contributed by atoms with Gasteiger partial charge in [0.15, 0.2) is 0 Å². The normalized spacial score (nSPS) is 9.97. The van der Waals surface area contributed by atoms with Gasteiger partial charge in [0.2, 0.25) is 0 Å². The molecular formula is C33H24AuOP. The summed E-state index contributed by atoms with van der Waals surface area (Å²) in [5.41, 5.74) is 2.11. The van der Waals surface area contributed by atoms with E-state index in [0.29, 0.717) is 11.1 Å². The van der Waals surface area contributed by atoms with Gasteiger partial charge in [-0.25, -0.2) is 0 Å².